The Balaban J connectivity index is 1.65. The van der Waals surface area contributed by atoms with Crippen molar-refractivity contribution < 1.29 is 4.42 Å². The molecule has 0 spiro atoms. The van der Waals surface area contributed by atoms with Crippen LogP contribution in [0.5, 0.6) is 0 Å². The molecule has 0 fully saturated rings. The Morgan fingerprint density at radius 2 is 1.44 bits per heavy atom. The lowest BCUT2D eigenvalue weighted by Crippen LogP contribution is -2.16. The van der Waals surface area contributed by atoms with Gasteiger partial charge < -0.3 is 9.32 Å². The van der Waals surface area contributed by atoms with Gasteiger partial charge in [0, 0.05) is 22.2 Å². The van der Waals surface area contributed by atoms with Gasteiger partial charge in [-0.15, -0.1) is 0 Å². The second-order valence-corrected chi connectivity index (χ2v) is 8.39. The van der Waals surface area contributed by atoms with Gasteiger partial charge in [-0.05, 0) is 62.1 Å². The van der Waals surface area contributed by atoms with Crippen LogP contribution in [0.2, 0.25) is 0 Å². The highest BCUT2D eigenvalue weighted by molar-refractivity contribution is 6.09. The Morgan fingerprint density at radius 1 is 0.735 bits per heavy atom. The highest BCUT2D eigenvalue weighted by Gasteiger charge is 2.20. The Morgan fingerprint density at radius 3 is 2.21 bits per heavy atom. The van der Waals surface area contributed by atoms with Gasteiger partial charge in [-0.2, -0.15) is 0 Å². The maximum absolute atomic E-state index is 6.42. The summed E-state index contributed by atoms with van der Waals surface area (Å²) in [4.78, 5) is 2.35. The average molecular weight is 444 g/mol. The van der Waals surface area contributed by atoms with Crippen molar-refractivity contribution in [3.05, 3.63) is 121 Å². The Kier molecular flexibility index (Phi) is 6.31. The fraction of sp³-hybridized carbons (Fsp3) is 0.125. The summed E-state index contributed by atoms with van der Waals surface area (Å²) in [5, 5.41) is 2.29. The van der Waals surface area contributed by atoms with Gasteiger partial charge in [0.25, 0.3) is 0 Å². The van der Waals surface area contributed by atoms with E-state index in [4.69, 9.17) is 4.42 Å². The molecule has 4 aromatic carbocycles. The molecule has 0 N–H and O–H groups in total. The van der Waals surface area contributed by atoms with Crippen LogP contribution in [0.4, 0.5) is 11.4 Å². The molecule has 0 atom stereocenters. The summed E-state index contributed by atoms with van der Waals surface area (Å²) in [6.45, 7) is 4.19. The molecule has 168 valence electrons. The number of allylic oxidation sites excluding steroid dienone is 4. The van der Waals surface area contributed by atoms with Crippen LogP contribution < -0.4 is 4.90 Å². The second-order valence-electron chi connectivity index (χ2n) is 8.39. The van der Waals surface area contributed by atoms with Crippen LogP contribution in [0.3, 0.4) is 0 Å². The van der Waals surface area contributed by atoms with Crippen LogP contribution in [0.15, 0.2) is 125 Å². The largest absolute Gasteiger partial charge is 0.454 e. The van der Waals surface area contributed by atoms with Crippen molar-refractivity contribution in [3.63, 3.8) is 0 Å². The van der Waals surface area contributed by atoms with Crippen molar-refractivity contribution in [2.45, 2.75) is 26.7 Å². The summed E-state index contributed by atoms with van der Waals surface area (Å²) >= 11 is 0. The molecule has 5 rings (SSSR count). The van der Waals surface area contributed by atoms with Crippen molar-refractivity contribution >= 4 is 33.3 Å². The first-order valence-corrected chi connectivity index (χ1v) is 11.9. The van der Waals surface area contributed by atoms with E-state index >= 15 is 0 Å². The average Bonchev–Trinajstić information content (AvgIpc) is 3.28. The molecule has 0 saturated heterocycles. The van der Waals surface area contributed by atoms with Crippen LogP contribution >= 0.6 is 0 Å². The first-order chi connectivity index (χ1) is 16.8. The topological polar surface area (TPSA) is 16.4 Å². The molecule has 0 unspecified atom stereocenters. The minimum atomic E-state index is 0.917. The predicted octanol–water partition coefficient (Wildman–Crippen LogP) is 9.65. The third kappa shape index (κ3) is 4.15. The van der Waals surface area contributed by atoms with Gasteiger partial charge in [-0.25, -0.2) is 0 Å². The van der Waals surface area contributed by atoms with E-state index in [1.54, 1.807) is 0 Å². The van der Waals surface area contributed by atoms with E-state index in [0.29, 0.717) is 0 Å². The maximum Gasteiger partial charge on any atom is 0.159 e. The third-order valence-corrected chi connectivity index (χ3v) is 6.28. The predicted molar refractivity (Wildman–Crippen MR) is 146 cm³/mol. The fourth-order valence-corrected chi connectivity index (χ4v) is 4.58. The number of rotatable bonds is 7. The van der Waals surface area contributed by atoms with E-state index in [0.717, 1.165) is 46.2 Å². The first-order valence-electron chi connectivity index (χ1n) is 11.9. The van der Waals surface area contributed by atoms with Crippen molar-refractivity contribution in [2.75, 3.05) is 4.90 Å². The van der Waals surface area contributed by atoms with Crippen molar-refractivity contribution in [2.24, 2.45) is 0 Å². The molecule has 2 heteroatoms. The van der Waals surface area contributed by atoms with Gasteiger partial charge in [0.05, 0.1) is 5.69 Å². The molecule has 0 saturated carbocycles. The van der Waals surface area contributed by atoms with Gasteiger partial charge in [0.15, 0.2) is 5.58 Å². The zero-order chi connectivity index (χ0) is 23.3. The number of hydrogen-bond donors (Lipinski definition) is 0. The number of benzene rings is 4. The molecule has 0 bridgehead atoms. The number of anilines is 2. The fourth-order valence-electron chi connectivity index (χ4n) is 4.58. The van der Waals surface area contributed by atoms with E-state index in [1.807, 2.05) is 12.1 Å². The molecule has 5 aromatic rings. The highest BCUT2D eigenvalue weighted by Crippen LogP contribution is 2.41. The van der Waals surface area contributed by atoms with Crippen molar-refractivity contribution in [3.8, 4) is 11.1 Å². The second kappa shape index (κ2) is 9.84. The molecule has 1 aromatic heterocycles. The van der Waals surface area contributed by atoms with Gasteiger partial charge in [0.1, 0.15) is 5.58 Å². The SMILES string of the molecule is C/C=C\CC/C(=C\C)N(c1ccc(-c2ccccc2)cc1)c1cccc2c1oc1ccccc12. The minimum absolute atomic E-state index is 0.917. The molecule has 0 aliphatic carbocycles. The minimum Gasteiger partial charge on any atom is -0.454 e. The monoisotopic (exact) mass is 443 g/mol. The lowest BCUT2D eigenvalue weighted by molar-refractivity contribution is 0.668. The Labute approximate surface area is 201 Å². The van der Waals surface area contributed by atoms with Gasteiger partial charge in [0.2, 0.25) is 0 Å². The summed E-state index contributed by atoms with van der Waals surface area (Å²) in [6.07, 6.45) is 8.49. The number of nitrogens with zero attached hydrogens (tertiary/aromatic N) is 1. The van der Waals surface area contributed by atoms with Crippen LogP contribution in [-0.2, 0) is 0 Å². The molecule has 34 heavy (non-hydrogen) atoms. The summed E-state index contributed by atoms with van der Waals surface area (Å²) in [7, 11) is 0. The molecular formula is C32H29NO. The molecule has 0 aliphatic rings. The van der Waals surface area contributed by atoms with Crippen LogP contribution in [0, 0.1) is 0 Å². The molecular weight excluding hydrogens is 414 g/mol. The van der Waals surface area contributed by atoms with E-state index in [-0.39, 0.29) is 0 Å². The van der Waals surface area contributed by atoms with Gasteiger partial charge in [-0.3, -0.25) is 0 Å². The zero-order valence-corrected chi connectivity index (χ0v) is 19.7. The summed E-state index contributed by atoms with van der Waals surface area (Å²) in [5.74, 6) is 0. The first kappa shape index (κ1) is 21.8. The molecule has 1 heterocycles. The van der Waals surface area contributed by atoms with Crippen LogP contribution in [0.1, 0.15) is 26.7 Å². The van der Waals surface area contributed by atoms with E-state index in [9.17, 15) is 0 Å². The normalized spacial score (nSPS) is 12.1. The standard InChI is InChI=1S/C32H29NO/c1-3-5-7-15-26(4-2)33(27-22-20-25(21-23-27)24-13-8-6-9-14-24)30-18-12-17-29-28-16-10-11-19-31(28)34-32(29)30/h3-6,8-14,16-23H,7,15H2,1-2H3/b5-3-,26-4+. The molecule has 0 aliphatic heterocycles. The summed E-state index contributed by atoms with van der Waals surface area (Å²) in [6, 6.07) is 34.1. The molecule has 0 radical (unpaired) electrons. The van der Waals surface area contributed by atoms with E-state index in [1.165, 1.54) is 16.8 Å². The van der Waals surface area contributed by atoms with Crippen LogP contribution in [-0.4, -0.2) is 0 Å². The van der Waals surface area contributed by atoms with Crippen molar-refractivity contribution in [1.82, 2.24) is 0 Å². The Bertz CT molecular complexity index is 1460. The molecule has 0 amide bonds. The summed E-state index contributed by atoms with van der Waals surface area (Å²) < 4.78 is 6.42. The summed E-state index contributed by atoms with van der Waals surface area (Å²) in [5.41, 5.74) is 7.71. The zero-order valence-electron chi connectivity index (χ0n) is 19.7. The lowest BCUT2D eigenvalue weighted by atomic mass is 10.0. The highest BCUT2D eigenvalue weighted by atomic mass is 16.3. The van der Waals surface area contributed by atoms with Crippen molar-refractivity contribution in [1.29, 1.82) is 0 Å². The van der Waals surface area contributed by atoms with E-state index in [2.05, 4.69) is 122 Å². The smallest absolute Gasteiger partial charge is 0.159 e. The van der Waals surface area contributed by atoms with Crippen LogP contribution in [0.25, 0.3) is 33.1 Å². The molecule has 2 nitrogen and oxygen atoms in total. The number of para-hydroxylation sites is 2. The third-order valence-electron chi connectivity index (χ3n) is 6.28. The lowest BCUT2D eigenvalue weighted by Gasteiger charge is -2.28. The quantitative estimate of drug-likeness (QED) is 0.233. The van der Waals surface area contributed by atoms with Gasteiger partial charge in [-0.1, -0.05) is 91.0 Å². The van der Waals surface area contributed by atoms with Gasteiger partial charge >= 0.3 is 0 Å². The number of fused-ring (bicyclic) bond motifs is 3. The Hall–Kier alpha value is -4.04. The maximum atomic E-state index is 6.42. The number of furan rings is 1. The number of hydrogen-bond acceptors (Lipinski definition) is 2. The van der Waals surface area contributed by atoms with E-state index < -0.39 is 0 Å².